The second-order valence-corrected chi connectivity index (χ2v) is 5.53. The van der Waals surface area contributed by atoms with Crippen molar-refractivity contribution in [2.45, 2.75) is 25.1 Å². The van der Waals surface area contributed by atoms with Crippen LogP contribution in [-0.4, -0.2) is 25.0 Å². The topological polar surface area (TPSA) is 58.4 Å². The van der Waals surface area contributed by atoms with Crippen LogP contribution in [0.15, 0.2) is 18.2 Å². The zero-order chi connectivity index (χ0) is 15.2. The van der Waals surface area contributed by atoms with Gasteiger partial charge in [0, 0.05) is 13.1 Å². The van der Waals surface area contributed by atoms with E-state index in [9.17, 15) is 18.0 Å². The number of anilines is 2. The highest BCUT2D eigenvalue weighted by atomic mass is 19.4. The number of halogens is 3. The quantitative estimate of drug-likeness (QED) is 0.780. The van der Waals surface area contributed by atoms with Crippen molar-refractivity contribution in [2.75, 3.05) is 23.7 Å². The van der Waals surface area contributed by atoms with Crippen LogP contribution in [0.3, 0.4) is 0 Å². The Bertz CT molecular complexity index is 573. The van der Waals surface area contributed by atoms with Gasteiger partial charge in [0.25, 0.3) is 0 Å². The highest BCUT2D eigenvalue weighted by Crippen LogP contribution is 2.38. The number of alkyl halides is 3. The Hall–Kier alpha value is -1.92. The van der Waals surface area contributed by atoms with E-state index in [1.54, 1.807) is 0 Å². The summed E-state index contributed by atoms with van der Waals surface area (Å²) in [5, 5.41) is 2.81. The molecule has 0 radical (unpaired) electrons. The van der Waals surface area contributed by atoms with Gasteiger partial charge in [0.15, 0.2) is 0 Å². The normalized spacial score (nSPS) is 25.7. The molecular formula is C14H16F3N3O. The van der Waals surface area contributed by atoms with Gasteiger partial charge in [-0.3, -0.25) is 4.79 Å². The first-order chi connectivity index (χ1) is 9.88. The number of hydrogen-bond acceptors (Lipinski definition) is 3. The molecule has 2 saturated heterocycles. The van der Waals surface area contributed by atoms with Crippen molar-refractivity contribution < 1.29 is 18.0 Å². The Kier molecular flexibility index (Phi) is 3.22. The lowest BCUT2D eigenvalue weighted by Gasteiger charge is -2.38. The second kappa shape index (κ2) is 4.82. The van der Waals surface area contributed by atoms with Gasteiger partial charge in [0.05, 0.1) is 28.9 Å². The van der Waals surface area contributed by atoms with E-state index in [1.165, 1.54) is 6.07 Å². The van der Waals surface area contributed by atoms with Crippen LogP contribution in [-0.2, 0) is 11.0 Å². The lowest BCUT2D eigenvalue weighted by molar-refractivity contribution is -0.137. The maximum absolute atomic E-state index is 12.7. The number of rotatable bonds is 1. The third kappa shape index (κ3) is 2.41. The number of nitrogens with zero attached hydrogens (tertiary/aromatic N) is 1. The lowest BCUT2D eigenvalue weighted by Crippen LogP contribution is -2.46. The van der Waals surface area contributed by atoms with Crippen LogP contribution in [0.1, 0.15) is 18.4 Å². The van der Waals surface area contributed by atoms with Crippen LogP contribution >= 0.6 is 0 Å². The fourth-order valence-electron chi connectivity index (χ4n) is 3.24. The second-order valence-electron chi connectivity index (χ2n) is 5.53. The Morgan fingerprint density at radius 3 is 2.76 bits per heavy atom. The molecule has 3 rings (SSSR count). The lowest BCUT2D eigenvalue weighted by atomic mass is 9.90. The molecule has 7 heteroatoms. The Morgan fingerprint density at radius 2 is 2.10 bits per heavy atom. The number of benzene rings is 1. The van der Waals surface area contributed by atoms with E-state index in [-0.39, 0.29) is 23.6 Å². The van der Waals surface area contributed by atoms with Crippen LogP contribution in [0.2, 0.25) is 0 Å². The molecular weight excluding hydrogens is 283 g/mol. The highest BCUT2D eigenvalue weighted by molar-refractivity contribution is 5.84. The summed E-state index contributed by atoms with van der Waals surface area (Å²) in [4.78, 5) is 13.7. The molecule has 1 amide bonds. The van der Waals surface area contributed by atoms with E-state index >= 15 is 0 Å². The molecule has 2 aliphatic rings. The van der Waals surface area contributed by atoms with Gasteiger partial charge in [-0.15, -0.1) is 0 Å². The van der Waals surface area contributed by atoms with Gasteiger partial charge < -0.3 is 16.0 Å². The fraction of sp³-hybridized carbons (Fsp3) is 0.500. The zero-order valence-corrected chi connectivity index (χ0v) is 11.3. The van der Waals surface area contributed by atoms with Gasteiger partial charge in [-0.05, 0) is 31.0 Å². The van der Waals surface area contributed by atoms with E-state index in [4.69, 9.17) is 5.73 Å². The van der Waals surface area contributed by atoms with Crippen molar-refractivity contribution in [3.63, 3.8) is 0 Å². The average Bonchev–Trinajstić information content (AvgIpc) is 2.80. The predicted molar refractivity (Wildman–Crippen MR) is 72.7 cm³/mol. The molecule has 1 aromatic carbocycles. The maximum atomic E-state index is 12.7. The van der Waals surface area contributed by atoms with Gasteiger partial charge in [-0.1, -0.05) is 0 Å². The third-order valence-electron chi connectivity index (χ3n) is 4.27. The number of amides is 1. The molecule has 0 aliphatic carbocycles. The molecule has 21 heavy (non-hydrogen) atoms. The SMILES string of the molecule is Nc1cc(C(F)(F)F)ccc1N1CCCC2C(=O)NCC21. The van der Waals surface area contributed by atoms with Crippen molar-refractivity contribution in [1.29, 1.82) is 0 Å². The van der Waals surface area contributed by atoms with E-state index in [2.05, 4.69) is 5.32 Å². The number of nitrogen functional groups attached to an aromatic ring is 1. The van der Waals surface area contributed by atoms with Gasteiger partial charge in [0.1, 0.15) is 0 Å². The van der Waals surface area contributed by atoms with Crippen molar-refractivity contribution in [3.05, 3.63) is 23.8 Å². The number of nitrogens with one attached hydrogen (secondary N) is 1. The van der Waals surface area contributed by atoms with Crippen molar-refractivity contribution in [2.24, 2.45) is 5.92 Å². The Balaban J connectivity index is 1.91. The summed E-state index contributed by atoms with van der Waals surface area (Å²) in [7, 11) is 0. The molecule has 2 heterocycles. The number of hydrogen-bond donors (Lipinski definition) is 2. The van der Waals surface area contributed by atoms with E-state index in [1.807, 2.05) is 4.90 Å². The van der Waals surface area contributed by atoms with E-state index in [0.29, 0.717) is 18.8 Å². The molecule has 0 aromatic heterocycles. The molecule has 1 aromatic rings. The molecule has 2 atom stereocenters. The van der Waals surface area contributed by atoms with E-state index in [0.717, 1.165) is 25.0 Å². The Labute approximate surface area is 120 Å². The number of carbonyl (C=O) groups is 1. The predicted octanol–water partition coefficient (Wildman–Crippen LogP) is 2.00. The summed E-state index contributed by atoms with van der Waals surface area (Å²) in [5.41, 5.74) is 5.75. The van der Waals surface area contributed by atoms with Gasteiger partial charge in [0.2, 0.25) is 5.91 Å². The van der Waals surface area contributed by atoms with Gasteiger partial charge in [-0.2, -0.15) is 13.2 Å². The minimum atomic E-state index is -4.40. The molecule has 0 saturated carbocycles. The van der Waals surface area contributed by atoms with Crippen molar-refractivity contribution in [3.8, 4) is 0 Å². The Morgan fingerprint density at radius 1 is 1.33 bits per heavy atom. The first-order valence-corrected chi connectivity index (χ1v) is 6.89. The van der Waals surface area contributed by atoms with Crippen LogP contribution in [0.5, 0.6) is 0 Å². The monoisotopic (exact) mass is 299 g/mol. The summed E-state index contributed by atoms with van der Waals surface area (Å²) in [6.07, 6.45) is -2.76. The average molecular weight is 299 g/mol. The van der Waals surface area contributed by atoms with Crippen molar-refractivity contribution >= 4 is 17.3 Å². The molecule has 114 valence electrons. The molecule has 2 fully saturated rings. The number of piperidine rings is 1. The van der Waals surface area contributed by atoms with Crippen molar-refractivity contribution in [1.82, 2.24) is 5.32 Å². The third-order valence-corrected chi connectivity index (χ3v) is 4.27. The molecule has 3 N–H and O–H groups in total. The minimum absolute atomic E-state index is 0.0229. The summed E-state index contributed by atoms with van der Waals surface area (Å²) in [6, 6.07) is 3.39. The molecule has 2 aliphatic heterocycles. The summed E-state index contributed by atoms with van der Waals surface area (Å²) < 4.78 is 38.1. The molecule has 2 unspecified atom stereocenters. The largest absolute Gasteiger partial charge is 0.416 e. The molecule has 0 spiro atoms. The van der Waals surface area contributed by atoms with E-state index < -0.39 is 11.7 Å². The first kappa shape index (κ1) is 14.0. The highest BCUT2D eigenvalue weighted by Gasteiger charge is 2.41. The number of nitrogens with two attached hydrogens (primary N) is 1. The minimum Gasteiger partial charge on any atom is -0.397 e. The fourth-order valence-corrected chi connectivity index (χ4v) is 3.24. The van der Waals surface area contributed by atoms with Crippen LogP contribution in [0, 0.1) is 5.92 Å². The zero-order valence-electron chi connectivity index (χ0n) is 11.3. The van der Waals surface area contributed by atoms with Crippen LogP contribution in [0.25, 0.3) is 0 Å². The molecule has 0 bridgehead atoms. The summed E-state index contributed by atoms with van der Waals surface area (Å²) >= 11 is 0. The van der Waals surface area contributed by atoms with Gasteiger partial charge >= 0.3 is 6.18 Å². The maximum Gasteiger partial charge on any atom is 0.416 e. The standard InChI is InChI=1S/C14H16F3N3O/c15-14(16,17)8-3-4-11(10(18)6-8)20-5-1-2-9-12(20)7-19-13(9)21/h3-4,6,9,12H,1-2,5,7,18H2,(H,19,21). The number of fused-ring (bicyclic) bond motifs is 1. The van der Waals surface area contributed by atoms with Crippen LogP contribution in [0.4, 0.5) is 24.5 Å². The molecule has 4 nitrogen and oxygen atoms in total. The summed E-state index contributed by atoms with van der Waals surface area (Å²) in [5.74, 6) is -0.0735. The summed E-state index contributed by atoms with van der Waals surface area (Å²) in [6.45, 7) is 1.22. The first-order valence-electron chi connectivity index (χ1n) is 6.89. The van der Waals surface area contributed by atoms with Crippen LogP contribution < -0.4 is 16.0 Å². The van der Waals surface area contributed by atoms with Gasteiger partial charge in [-0.25, -0.2) is 0 Å². The number of carbonyl (C=O) groups excluding carboxylic acids is 1. The smallest absolute Gasteiger partial charge is 0.397 e.